The number of nitrogens with zero attached hydrogens (tertiary/aromatic N) is 2. The molecule has 0 bridgehead atoms. The van der Waals surface area contributed by atoms with Gasteiger partial charge in [-0.15, -0.1) is 0 Å². The summed E-state index contributed by atoms with van der Waals surface area (Å²) >= 11 is 0. The Morgan fingerprint density at radius 3 is 2.50 bits per heavy atom. The number of aliphatic hydroxyl groups excluding tert-OH is 1. The second kappa shape index (κ2) is 4.85. The Hall–Kier alpha value is -1.23. The third-order valence-electron chi connectivity index (χ3n) is 2.12. The van der Waals surface area contributed by atoms with Gasteiger partial charge in [0.15, 0.2) is 5.82 Å². The van der Waals surface area contributed by atoms with Crippen LogP contribution in [0.25, 0.3) is 0 Å². The zero-order chi connectivity index (χ0) is 10.6. The summed E-state index contributed by atoms with van der Waals surface area (Å²) in [6.45, 7) is 3.91. The van der Waals surface area contributed by atoms with Crippen LogP contribution in [0.2, 0.25) is 0 Å². The van der Waals surface area contributed by atoms with Crippen LogP contribution < -0.4 is 5.32 Å². The van der Waals surface area contributed by atoms with Gasteiger partial charge in [-0.25, -0.2) is 14.4 Å². The number of rotatable bonds is 4. The van der Waals surface area contributed by atoms with E-state index < -0.39 is 5.82 Å². The van der Waals surface area contributed by atoms with Gasteiger partial charge in [0.1, 0.15) is 0 Å². The Balaban J connectivity index is 2.56. The average Bonchev–Trinajstić information content (AvgIpc) is 2.20. The van der Waals surface area contributed by atoms with E-state index in [1.807, 2.05) is 13.8 Å². The molecule has 1 heterocycles. The van der Waals surface area contributed by atoms with Crippen LogP contribution in [0.15, 0.2) is 12.4 Å². The molecule has 2 unspecified atom stereocenters. The first-order chi connectivity index (χ1) is 6.63. The van der Waals surface area contributed by atoms with E-state index in [2.05, 4.69) is 15.3 Å². The third-order valence-corrected chi connectivity index (χ3v) is 2.12. The molecular formula is C9H14FN3O. The molecule has 78 valence electrons. The molecule has 2 N–H and O–H groups in total. The van der Waals surface area contributed by atoms with Crippen molar-refractivity contribution in [2.24, 2.45) is 5.92 Å². The molecule has 1 rings (SSSR count). The minimum absolute atomic E-state index is 0.0467. The van der Waals surface area contributed by atoms with Crippen LogP contribution >= 0.6 is 0 Å². The lowest BCUT2D eigenvalue weighted by molar-refractivity contribution is 0.226. The fourth-order valence-corrected chi connectivity index (χ4v) is 0.891. The van der Waals surface area contributed by atoms with E-state index in [0.29, 0.717) is 5.95 Å². The molecular weight excluding hydrogens is 185 g/mol. The van der Waals surface area contributed by atoms with E-state index >= 15 is 0 Å². The summed E-state index contributed by atoms with van der Waals surface area (Å²) in [6.07, 6.45) is 2.21. The molecule has 5 heteroatoms. The number of halogens is 1. The van der Waals surface area contributed by atoms with Gasteiger partial charge in [0.2, 0.25) is 5.95 Å². The van der Waals surface area contributed by atoms with Crippen molar-refractivity contribution < 1.29 is 9.50 Å². The number of aliphatic hydroxyl groups is 1. The molecule has 0 aliphatic heterocycles. The third kappa shape index (κ3) is 2.92. The van der Waals surface area contributed by atoms with Crippen LogP contribution in [0.5, 0.6) is 0 Å². The summed E-state index contributed by atoms with van der Waals surface area (Å²) in [6, 6.07) is 0.0467. The fraction of sp³-hybridized carbons (Fsp3) is 0.556. The van der Waals surface area contributed by atoms with Gasteiger partial charge in [-0.1, -0.05) is 6.92 Å². The number of anilines is 1. The Morgan fingerprint density at radius 1 is 1.43 bits per heavy atom. The average molecular weight is 199 g/mol. The summed E-state index contributed by atoms with van der Waals surface area (Å²) in [5.41, 5.74) is 0. The molecule has 0 radical (unpaired) electrons. The number of aromatic nitrogens is 2. The number of nitrogens with one attached hydrogen (secondary N) is 1. The minimum atomic E-state index is -0.460. The molecule has 0 saturated heterocycles. The molecule has 0 aromatic carbocycles. The van der Waals surface area contributed by atoms with Crippen molar-refractivity contribution in [3.63, 3.8) is 0 Å². The topological polar surface area (TPSA) is 58.0 Å². The first-order valence-corrected chi connectivity index (χ1v) is 4.48. The van der Waals surface area contributed by atoms with Gasteiger partial charge in [-0.3, -0.25) is 0 Å². The van der Waals surface area contributed by atoms with Crippen molar-refractivity contribution in [3.8, 4) is 0 Å². The van der Waals surface area contributed by atoms with E-state index in [9.17, 15) is 4.39 Å². The highest BCUT2D eigenvalue weighted by molar-refractivity contribution is 5.24. The Morgan fingerprint density at radius 2 is 2.00 bits per heavy atom. The Bertz CT molecular complexity index is 278. The summed E-state index contributed by atoms with van der Waals surface area (Å²) < 4.78 is 12.5. The molecule has 2 atom stereocenters. The molecule has 0 aliphatic rings. The van der Waals surface area contributed by atoms with Gasteiger partial charge in [-0.2, -0.15) is 0 Å². The number of hydrogen-bond acceptors (Lipinski definition) is 4. The second-order valence-corrected chi connectivity index (χ2v) is 3.32. The van der Waals surface area contributed by atoms with Gasteiger partial charge in [0, 0.05) is 12.6 Å². The maximum absolute atomic E-state index is 12.5. The lowest BCUT2D eigenvalue weighted by Gasteiger charge is -2.18. The van der Waals surface area contributed by atoms with E-state index in [-0.39, 0.29) is 18.6 Å². The van der Waals surface area contributed by atoms with Gasteiger partial charge in [0.25, 0.3) is 0 Å². The van der Waals surface area contributed by atoms with Crippen molar-refractivity contribution in [1.82, 2.24) is 9.97 Å². The SMILES string of the molecule is CC(CO)C(C)Nc1ncc(F)cn1. The standard InChI is InChI=1S/C9H14FN3O/c1-6(5-14)7(2)13-9-11-3-8(10)4-12-9/h3-4,6-7,14H,5H2,1-2H3,(H,11,12,13). The van der Waals surface area contributed by atoms with Crippen molar-refractivity contribution >= 4 is 5.95 Å². The monoisotopic (exact) mass is 199 g/mol. The highest BCUT2D eigenvalue weighted by atomic mass is 19.1. The summed E-state index contributed by atoms with van der Waals surface area (Å²) in [5, 5.41) is 11.9. The Kier molecular flexibility index (Phi) is 3.76. The predicted molar refractivity (Wildman–Crippen MR) is 51.3 cm³/mol. The highest BCUT2D eigenvalue weighted by Crippen LogP contribution is 2.07. The lowest BCUT2D eigenvalue weighted by atomic mass is 10.1. The summed E-state index contributed by atoms with van der Waals surface area (Å²) in [4.78, 5) is 7.51. The van der Waals surface area contributed by atoms with Crippen LogP contribution in [-0.2, 0) is 0 Å². The molecule has 14 heavy (non-hydrogen) atoms. The van der Waals surface area contributed by atoms with E-state index in [1.54, 1.807) is 0 Å². The van der Waals surface area contributed by atoms with Crippen LogP contribution in [0.3, 0.4) is 0 Å². The molecule has 1 aromatic rings. The molecule has 0 aliphatic carbocycles. The largest absolute Gasteiger partial charge is 0.396 e. The normalized spacial score (nSPS) is 14.9. The summed E-state index contributed by atoms with van der Waals surface area (Å²) in [5.74, 6) is 0.0151. The molecule has 0 fully saturated rings. The van der Waals surface area contributed by atoms with Crippen LogP contribution in [0.4, 0.5) is 10.3 Å². The smallest absolute Gasteiger partial charge is 0.222 e. The first-order valence-electron chi connectivity index (χ1n) is 4.48. The van der Waals surface area contributed by atoms with E-state index in [1.165, 1.54) is 0 Å². The zero-order valence-corrected chi connectivity index (χ0v) is 8.24. The molecule has 0 amide bonds. The van der Waals surface area contributed by atoms with Gasteiger partial charge < -0.3 is 10.4 Å². The van der Waals surface area contributed by atoms with Crippen LogP contribution in [-0.4, -0.2) is 27.7 Å². The van der Waals surface area contributed by atoms with Crippen molar-refractivity contribution in [2.75, 3.05) is 11.9 Å². The van der Waals surface area contributed by atoms with Crippen molar-refractivity contribution in [1.29, 1.82) is 0 Å². The van der Waals surface area contributed by atoms with Gasteiger partial charge in [-0.05, 0) is 12.8 Å². The maximum Gasteiger partial charge on any atom is 0.222 e. The van der Waals surface area contributed by atoms with E-state index in [4.69, 9.17) is 5.11 Å². The van der Waals surface area contributed by atoms with Crippen molar-refractivity contribution in [2.45, 2.75) is 19.9 Å². The van der Waals surface area contributed by atoms with Crippen molar-refractivity contribution in [3.05, 3.63) is 18.2 Å². The van der Waals surface area contributed by atoms with Crippen LogP contribution in [0.1, 0.15) is 13.8 Å². The predicted octanol–water partition coefficient (Wildman–Crippen LogP) is 1.04. The maximum atomic E-state index is 12.5. The quantitative estimate of drug-likeness (QED) is 0.760. The Labute approximate surface area is 82.2 Å². The van der Waals surface area contributed by atoms with E-state index in [0.717, 1.165) is 12.4 Å². The zero-order valence-electron chi connectivity index (χ0n) is 8.24. The van der Waals surface area contributed by atoms with Gasteiger partial charge in [0.05, 0.1) is 12.4 Å². The van der Waals surface area contributed by atoms with Crippen LogP contribution in [0, 0.1) is 11.7 Å². The number of hydrogen-bond donors (Lipinski definition) is 2. The van der Waals surface area contributed by atoms with Gasteiger partial charge >= 0.3 is 0 Å². The first kappa shape index (κ1) is 10.8. The summed E-state index contributed by atoms with van der Waals surface area (Å²) in [7, 11) is 0. The molecule has 0 saturated carbocycles. The second-order valence-electron chi connectivity index (χ2n) is 3.32. The lowest BCUT2D eigenvalue weighted by Crippen LogP contribution is -2.27. The minimum Gasteiger partial charge on any atom is -0.396 e. The molecule has 0 spiro atoms. The fourth-order valence-electron chi connectivity index (χ4n) is 0.891. The highest BCUT2D eigenvalue weighted by Gasteiger charge is 2.11. The molecule has 1 aromatic heterocycles. The molecule has 4 nitrogen and oxygen atoms in total.